The molecule has 6 heteroatoms. The van der Waals surface area contributed by atoms with E-state index < -0.39 is 15.1 Å². The van der Waals surface area contributed by atoms with Crippen molar-refractivity contribution in [1.29, 1.82) is 0 Å². The van der Waals surface area contributed by atoms with Crippen LogP contribution in [0.25, 0.3) is 0 Å². The molecule has 108 valence electrons. The molecule has 0 radical (unpaired) electrons. The predicted octanol–water partition coefficient (Wildman–Crippen LogP) is 2.43. The SMILES string of the molecule is CCNC(c1ccc(OC)c(Cl)c1)C(C)S(C)(=O)=O. The third-order valence-corrected chi connectivity index (χ3v) is 5.02. The lowest BCUT2D eigenvalue weighted by Gasteiger charge is -2.24. The van der Waals surface area contributed by atoms with Crippen LogP contribution in [-0.4, -0.2) is 33.6 Å². The van der Waals surface area contributed by atoms with Gasteiger partial charge in [0.15, 0.2) is 9.84 Å². The predicted molar refractivity (Wildman–Crippen MR) is 78.7 cm³/mol. The Hall–Kier alpha value is -0.780. The summed E-state index contributed by atoms with van der Waals surface area (Å²) in [6.45, 7) is 4.31. The van der Waals surface area contributed by atoms with Gasteiger partial charge < -0.3 is 10.1 Å². The number of methoxy groups -OCH3 is 1. The number of sulfone groups is 1. The van der Waals surface area contributed by atoms with E-state index >= 15 is 0 Å². The quantitative estimate of drug-likeness (QED) is 0.877. The highest BCUT2D eigenvalue weighted by Crippen LogP contribution is 2.30. The average Bonchev–Trinajstić information content (AvgIpc) is 2.34. The fraction of sp³-hybridized carbons (Fsp3) is 0.538. The normalized spacial score (nSPS) is 15.0. The van der Waals surface area contributed by atoms with Crippen LogP contribution in [-0.2, 0) is 9.84 Å². The van der Waals surface area contributed by atoms with Gasteiger partial charge in [-0.2, -0.15) is 0 Å². The molecular formula is C13H20ClNO3S. The summed E-state index contributed by atoms with van der Waals surface area (Å²) in [6.07, 6.45) is 1.24. The third-order valence-electron chi connectivity index (χ3n) is 3.10. The van der Waals surface area contributed by atoms with Crippen LogP contribution in [0.4, 0.5) is 0 Å². The Kier molecular flexibility index (Phi) is 5.64. The molecule has 0 fully saturated rings. The Morgan fingerprint density at radius 1 is 1.42 bits per heavy atom. The maximum absolute atomic E-state index is 11.7. The van der Waals surface area contributed by atoms with Gasteiger partial charge in [0.05, 0.1) is 17.4 Å². The Bertz CT molecular complexity index is 531. The first kappa shape index (κ1) is 16.3. The minimum absolute atomic E-state index is 0.289. The zero-order valence-corrected chi connectivity index (χ0v) is 13.2. The molecule has 4 nitrogen and oxygen atoms in total. The van der Waals surface area contributed by atoms with Gasteiger partial charge in [-0.05, 0) is 31.2 Å². The van der Waals surface area contributed by atoms with Crippen molar-refractivity contribution in [3.8, 4) is 5.75 Å². The molecule has 0 aliphatic heterocycles. The smallest absolute Gasteiger partial charge is 0.151 e. The molecular weight excluding hydrogens is 286 g/mol. The molecule has 0 saturated heterocycles. The highest BCUT2D eigenvalue weighted by atomic mass is 35.5. The zero-order valence-electron chi connectivity index (χ0n) is 11.6. The van der Waals surface area contributed by atoms with E-state index in [2.05, 4.69) is 5.32 Å². The molecule has 1 aromatic carbocycles. The van der Waals surface area contributed by atoms with Crippen LogP contribution in [0.3, 0.4) is 0 Å². The minimum Gasteiger partial charge on any atom is -0.495 e. The van der Waals surface area contributed by atoms with E-state index in [1.165, 1.54) is 6.26 Å². The lowest BCUT2D eigenvalue weighted by Crippen LogP contribution is -2.34. The minimum atomic E-state index is -3.14. The van der Waals surface area contributed by atoms with Gasteiger partial charge in [0.25, 0.3) is 0 Å². The number of benzene rings is 1. The Morgan fingerprint density at radius 2 is 2.05 bits per heavy atom. The topological polar surface area (TPSA) is 55.4 Å². The number of rotatable bonds is 6. The molecule has 0 aliphatic rings. The molecule has 1 aromatic rings. The first-order chi connectivity index (χ1) is 8.81. The molecule has 0 bridgehead atoms. The number of halogens is 1. The van der Waals surface area contributed by atoms with Crippen LogP contribution in [0.2, 0.25) is 5.02 Å². The Balaban J connectivity index is 3.16. The van der Waals surface area contributed by atoms with Crippen LogP contribution in [0.15, 0.2) is 18.2 Å². The fourth-order valence-electron chi connectivity index (χ4n) is 1.90. The number of hydrogen-bond acceptors (Lipinski definition) is 4. The summed E-state index contributed by atoms with van der Waals surface area (Å²) in [5.41, 5.74) is 0.838. The van der Waals surface area contributed by atoms with Gasteiger partial charge in [0.2, 0.25) is 0 Å². The van der Waals surface area contributed by atoms with Gasteiger partial charge in [-0.1, -0.05) is 24.6 Å². The van der Waals surface area contributed by atoms with Gasteiger partial charge in [0, 0.05) is 12.3 Å². The van der Waals surface area contributed by atoms with E-state index in [-0.39, 0.29) is 6.04 Å². The van der Waals surface area contributed by atoms with E-state index in [1.54, 1.807) is 26.2 Å². The molecule has 0 heterocycles. The summed E-state index contributed by atoms with van der Waals surface area (Å²) < 4.78 is 28.6. The third kappa shape index (κ3) is 4.09. The molecule has 19 heavy (non-hydrogen) atoms. The van der Waals surface area contributed by atoms with Gasteiger partial charge in [-0.3, -0.25) is 0 Å². The van der Waals surface area contributed by atoms with Gasteiger partial charge in [-0.15, -0.1) is 0 Å². The molecule has 2 unspecified atom stereocenters. The lowest BCUT2D eigenvalue weighted by atomic mass is 10.0. The van der Waals surface area contributed by atoms with Crippen LogP contribution in [0, 0.1) is 0 Å². The Morgan fingerprint density at radius 3 is 2.47 bits per heavy atom. The molecule has 0 amide bonds. The molecule has 1 N–H and O–H groups in total. The van der Waals surface area contributed by atoms with E-state index in [0.717, 1.165) is 5.56 Å². The first-order valence-electron chi connectivity index (χ1n) is 6.07. The van der Waals surface area contributed by atoms with Gasteiger partial charge >= 0.3 is 0 Å². The standard InChI is InChI=1S/C13H20ClNO3S/c1-5-15-13(9(2)19(4,16)17)10-6-7-12(18-3)11(14)8-10/h6-9,13,15H,5H2,1-4H3. The summed E-state index contributed by atoms with van der Waals surface area (Å²) in [5, 5.41) is 3.14. The van der Waals surface area contributed by atoms with Crippen molar-refractivity contribution in [2.45, 2.75) is 25.1 Å². The van der Waals surface area contributed by atoms with Crippen molar-refractivity contribution in [2.75, 3.05) is 19.9 Å². The van der Waals surface area contributed by atoms with Crippen molar-refractivity contribution in [3.63, 3.8) is 0 Å². The number of ether oxygens (including phenoxy) is 1. The summed E-state index contributed by atoms with van der Waals surface area (Å²) in [7, 11) is -1.59. The second kappa shape index (κ2) is 6.59. The average molecular weight is 306 g/mol. The second-order valence-electron chi connectivity index (χ2n) is 4.46. The van der Waals surface area contributed by atoms with Crippen LogP contribution in [0.5, 0.6) is 5.75 Å². The Labute approximate surface area is 120 Å². The molecule has 2 atom stereocenters. The van der Waals surface area contributed by atoms with E-state index in [1.807, 2.05) is 13.0 Å². The summed E-state index contributed by atoms with van der Waals surface area (Å²) in [4.78, 5) is 0. The van der Waals surface area contributed by atoms with Gasteiger partial charge in [0.1, 0.15) is 5.75 Å². The van der Waals surface area contributed by atoms with Gasteiger partial charge in [-0.25, -0.2) is 8.42 Å². The zero-order chi connectivity index (χ0) is 14.6. The van der Waals surface area contributed by atoms with Crippen molar-refractivity contribution < 1.29 is 13.2 Å². The molecule has 0 saturated carbocycles. The first-order valence-corrected chi connectivity index (χ1v) is 8.40. The maximum atomic E-state index is 11.7. The van der Waals surface area contributed by atoms with E-state index in [4.69, 9.17) is 16.3 Å². The van der Waals surface area contributed by atoms with E-state index in [0.29, 0.717) is 17.3 Å². The maximum Gasteiger partial charge on any atom is 0.151 e. The number of hydrogen-bond donors (Lipinski definition) is 1. The monoisotopic (exact) mass is 305 g/mol. The van der Waals surface area contributed by atoms with Crippen molar-refractivity contribution >= 4 is 21.4 Å². The fourth-order valence-corrected chi connectivity index (χ4v) is 2.91. The van der Waals surface area contributed by atoms with Crippen molar-refractivity contribution in [3.05, 3.63) is 28.8 Å². The molecule has 0 aromatic heterocycles. The molecule has 0 spiro atoms. The van der Waals surface area contributed by atoms with Crippen LogP contribution in [0.1, 0.15) is 25.5 Å². The molecule has 0 aliphatic carbocycles. The van der Waals surface area contributed by atoms with E-state index in [9.17, 15) is 8.42 Å². The highest BCUT2D eigenvalue weighted by molar-refractivity contribution is 7.91. The summed E-state index contributed by atoms with van der Waals surface area (Å²) in [6, 6.07) is 5.04. The lowest BCUT2D eigenvalue weighted by molar-refractivity contribution is 0.414. The van der Waals surface area contributed by atoms with Crippen LogP contribution < -0.4 is 10.1 Å². The summed E-state index contributed by atoms with van der Waals surface area (Å²) in [5.74, 6) is 0.577. The largest absolute Gasteiger partial charge is 0.495 e. The van der Waals surface area contributed by atoms with Crippen molar-refractivity contribution in [1.82, 2.24) is 5.32 Å². The van der Waals surface area contributed by atoms with Crippen molar-refractivity contribution in [2.24, 2.45) is 0 Å². The summed E-state index contributed by atoms with van der Waals surface area (Å²) >= 11 is 6.09. The number of nitrogens with one attached hydrogen (secondary N) is 1. The second-order valence-corrected chi connectivity index (χ2v) is 7.27. The highest BCUT2D eigenvalue weighted by Gasteiger charge is 2.27. The molecule has 1 rings (SSSR count). The van der Waals surface area contributed by atoms with Crippen LogP contribution >= 0.6 is 11.6 Å².